The van der Waals surface area contributed by atoms with E-state index in [2.05, 4.69) is 5.32 Å². The molecule has 0 spiro atoms. The minimum Gasteiger partial charge on any atom is -0.493 e. The molecule has 0 unspecified atom stereocenters. The van der Waals surface area contributed by atoms with Crippen LogP contribution in [0.25, 0.3) is 0 Å². The number of primary sulfonamides is 1. The molecule has 160 valence electrons. The zero-order chi connectivity index (χ0) is 21.9. The number of nitrogens with zero attached hydrogens (tertiary/aromatic N) is 1. The molecule has 1 fully saturated rings. The number of anilines is 1. The van der Waals surface area contributed by atoms with Gasteiger partial charge in [0.25, 0.3) is 0 Å². The summed E-state index contributed by atoms with van der Waals surface area (Å²) in [6.07, 6.45) is 0.0391. The van der Waals surface area contributed by atoms with Gasteiger partial charge in [-0.2, -0.15) is 0 Å². The molecule has 1 saturated heterocycles. The van der Waals surface area contributed by atoms with Crippen LogP contribution in [0.4, 0.5) is 5.69 Å². The Kier molecular flexibility index (Phi) is 6.28. The van der Waals surface area contributed by atoms with Gasteiger partial charge in [-0.15, -0.1) is 0 Å². The maximum atomic E-state index is 12.6. The molecule has 0 saturated carbocycles. The van der Waals surface area contributed by atoms with E-state index in [4.69, 9.17) is 14.6 Å². The molecule has 0 aromatic heterocycles. The third kappa shape index (κ3) is 4.71. The molecule has 0 bridgehead atoms. The quantitative estimate of drug-likeness (QED) is 0.671. The summed E-state index contributed by atoms with van der Waals surface area (Å²) in [5.74, 6) is 0.0828. The van der Waals surface area contributed by atoms with Gasteiger partial charge in [0.05, 0.1) is 25.0 Å². The van der Waals surface area contributed by atoms with Gasteiger partial charge in [-0.3, -0.25) is 9.59 Å². The Morgan fingerprint density at radius 2 is 1.90 bits per heavy atom. The van der Waals surface area contributed by atoms with Crippen molar-refractivity contribution in [1.29, 1.82) is 0 Å². The molecule has 30 heavy (non-hydrogen) atoms. The Labute approximate surface area is 174 Å². The van der Waals surface area contributed by atoms with Gasteiger partial charge in [-0.05, 0) is 35.9 Å². The number of benzene rings is 2. The largest absolute Gasteiger partial charge is 0.493 e. The fraction of sp³-hybridized carbons (Fsp3) is 0.300. The van der Waals surface area contributed by atoms with Gasteiger partial charge in [-0.25, -0.2) is 13.6 Å². The summed E-state index contributed by atoms with van der Waals surface area (Å²) < 4.78 is 33.6. The number of carbonyl (C=O) groups is 2. The van der Waals surface area contributed by atoms with Crippen LogP contribution in [0.1, 0.15) is 12.0 Å². The number of amides is 2. The van der Waals surface area contributed by atoms with E-state index in [1.54, 1.807) is 25.3 Å². The first-order valence-corrected chi connectivity index (χ1v) is 10.7. The number of carbonyl (C=O) groups excluding carboxylic acids is 2. The van der Waals surface area contributed by atoms with Gasteiger partial charge in [0, 0.05) is 25.2 Å². The fourth-order valence-electron chi connectivity index (χ4n) is 3.29. The van der Waals surface area contributed by atoms with Crippen LogP contribution in [0, 0.1) is 5.92 Å². The van der Waals surface area contributed by atoms with Crippen LogP contribution in [0.3, 0.4) is 0 Å². The van der Waals surface area contributed by atoms with Crippen LogP contribution in [0.2, 0.25) is 0 Å². The van der Waals surface area contributed by atoms with Crippen molar-refractivity contribution in [3.63, 3.8) is 0 Å². The van der Waals surface area contributed by atoms with Gasteiger partial charge < -0.3 is 19.7 Å². The number of nitrogens with two attached hydrogens (primary N) is 1. The minimum atomic E-state index is -3.89. The van der Waals surface area contributed by atoms with Crippen molar-refractivity contribution in [1.82, 2.24) is 5.32 Å². The van der Waals surface area contributed by atoms with E-state index in [1.807, 2.05) is 6.07 Å². The molecule has 10 heteroatoms. The van der Waals surface area contributed by atoms with Gasteiger partial charge in [-0.1, -0.05) is 12.1 Å². The lowest BCUT2D eigenvalue weighted by atomic mass is 10.1. The third-order valence-electron chi connectivity index (χ3n) is 4.87. The predicted octanol–water partition coefficient (Wildman–Crippen LogP) is 1.02. The minimum absolute atomic E-state index is 0.0391. The molecule has 2 aromatic rings. The Bertz CT molecular complexity index is 1070. The van der Waals surface area contributed by atoms with E-state index in [-0.39, 0.29) is 36.2 Å². The number of rotatable bonds is 7. The van der Waals surface area contributed by atoms with Gasteiger partial charge in [0.1, 0.15) is 0 Å². The highest BCUT2D eigenvalue weighted by molar-refractivity contribution is 7.89. The summed E-state index contributed by atoms with van der Waals surface area (Å²) in [6.45, 7) is 0.426. The summed E-state index contributed by atoms with van der Waals surface area (Å²) in [5.41, 5.74) is 1.21. The van der Waals surface area contributed by atoms with Crippen LogP contribution in [-0.2, 0) is 26.2 Å². The summed E-state index contributed by atoms with van der Waals surface area (Å²) >= 11 is 0. The lowest BCUT2D eigenvalue weighted by Gasteiger charge is -2.17. The number of ether oxygens (including phenoxy) is 2. The highest BCUT2D eigenvalue weighted by atomic mass is 32.2. The molecule has 9 nitrogen and oxygen atoms in total. The summed E-state index contributed by atoms with van der Waals surface area (Å²) in [7, 11) is -0.815. The highest BCUT2D eigenvalue weighted by Gasteiger charge is 2.35. The SMILES string of the molecule is COc1ccc(CNC(=O)[C@H]2CC(=O)N(c3cccc(S(N)(=O)=O)c3)C2)cc1OC. The van der Waals surface area contributed by atoms with E-state index < -0.39 is 15.9 Å². The number of methoxy groups -OCH3 is 2. The molecule has 3 rings (SSSR count). The first-order valence-electron chi connectivity index (χ1n) is 9.14. The van der Waals surface area contributed by atoms with Gasteiger partial charge in [0.15, 0.2) is 11.5 Å². The van der Waals surface area contributed by atoms with Crippen molar-refractivity contribution in [2.24, 2.45) is 11.1 Å². The van der Waals surface area contributed by atoms with E-state index in [1.165, 1.54) is 30.2 Å². The normalized spacial score (nSPS) is 16.4. The van der Waals surface area contributed by atoms with Crippen LogP contribution in [0.15, 0.2) is 47.4 Å². The van der Waals surface area contributed by atoms with Gasteiger partial charge in [0.2, 0.25) is 21.8 Å². The number of sulfonamides is 1. The predicted molar refractivity (Wildman–Crippen MR) is 110 cm³/mol. The van der Waals surface area contributed by atoms with Crippen molar-refractivity contribution in [2.75, 3.05) is 25.7 Å². The Balaban J connectivity index is 1.66. The zero-order valence-corrected chi connectivity index (χ0v) is 17.4. The molecule has 1 atom stereocenters. The maximum Gasteiger partial charge on any atom is 0.238 e. The van der Waals surface area contributed by atoms with Crippen molar-refractivity contribution < 1.29 is 27.5 Å². The van der Waals surface area contributed by atoms with Crippen molar-refractivity contribution in [3.05, 3.63) is 48.0 Å². The Morgan fingerprint density at radius 3 is 2.57 bits per heavy atom. The first kappa shape index (κ1) is 21.6. The Morgan fingerprint density at radius 1 is 1.17 bits per heavy atom. The summed E-state index contributed by atoms with van der Waals surface area (Å²) in [5, 5.41) is 7.98. The van der Waals surface area contributed by atoms with Gasteiger partial charge >= 0.3 is 0 Å². The van der Waals surface area contributed by atoms with Crippen molar-refractivity contribution >= 4 is 27.5 Å². The second kappa shape index (κ2) is 8.72. The number of hydrogen-bond acceptors (Lipinski definition) is 6. The number of hydrogen-bond donors (Lipinski definition) is 2. The molecule has 2 amide bonds. The monoisotopic (exact) mass is 433 g/mol. The zero-order valence-electron chi connectivity index (χ0n) is 16.6. The van der Waals surface area contributed by atoms with E-state index in [0.29, 0.717) is 17.2 Å². The molecular weight excluding hydrogens is 410 g/mol. The molecule has 1 heterocycles. The Hall–Kier alpha value is -3.11. The second-order valence-electron chi connectivity index (χ2n) is 6.85. The topological polar surface area (TPSA) is 128 Å². The lowest BCUT2D eigenvalue weighted by molar-refractivity contribution is -0.126. The van der Waals surface area contributed by atoms with Crippen LogP contribution < -0.4 is 24.8 Å². The van der Waals surface area contributed by atoms with Crippen LogP contribution in [0.5, 0.6) is 11.5 Å². The van der Waals surface area contributed by atoms with E-state index >= 15 is 0 Å². The molecule has 3 N–H and O–H groups in total. The molecule has 1 aliphatic rings. The molecular formula is C20H23N3O6S. The molecule has 0 radical (unpaired) electrons. The standard InChI is InChI=1S/C20H23N3O6S/c1-28-17-7-6-13(8-18(17)29-2)11-22-20(25)14-9-19(24)23(12-14)15-4-3-5-16(10-15)30(21,26)27/h3-8,10,14H,9,11-12H2,1-2H3,(H,22,25)(H2,21,26,27)/t14-/m0/s1. The first-order chi connectivity index (χ1) is 14.2. The summed E-state index contributed by atoms with van der Waals surface area (Å²) in [6, 6.07) is 11.1. The fourth-order valence-corrected chi connectivity index (χ4v) is 3.84. The lowest BCUT2D eigenvalue weighted by Crippen LogP contribution is -2.32. The van der Waals surface area contributed by atoms with Crippen molar-refractivity contribution in [2.45, 2.75) is 17.9 Å². The highest BCUT2D eigenvalue weighted by Crippen LogP contribution is 2.28. The van der Waals surface area contributed by atoms with Crippen molar-refractivity contribution in [3.8, 4) is 11.5 Å². The summed E-state index contributed by atoms with van der Waals surface area (Å²) in [4.78, 5) is 26.3. The second-order valence-corrected chi connectivity index (χ2v) is 8.42. The smallest absolute Gasteiger partial charge is 0.238 e. The van der Waals surface area contributed by atoms with E-state index in [0.717, 1.165) is 5.56 Å². The average molecular weight is 433 g/mol. The van der Waals surface area contributed by atoms with Crippen LogP contribution in [-0.4, -0.2) is 41.0 Å². The number of nitrogens with one attached hydrogen (secondary N) is 1. The average Bonchev–Trinajstić information content (AvgIpc) is 3.13. The van der Waals surface area contributed by atoms with Crippen LogP contribution >= 0.6 is 0 Å². The maximum absolute atomic E-state index is 12.6. The third-order valence-corrected chi connectivity index (χ3v) is 5.78. The van der Waals surface area contributed by atoms with E-state index in [9.17, 15) is 18.0 Å². The molecule has 0 aliphatic carbocycles. The molecule has 2 aromatic carbocycles. The molecule has 1 aliphatic heterocycles.